The van der Waals surface area contributed by atoms with Crippen molar-refractivity contribution in [2.24, 2.45) is 0 Å². The second kappa shape index (κ2) is 15.0. The van der Waals surface area contributed by atoms with Crippen molar-refractivity contribution in [1.82, 2.24) is 33.2 Å². The smallest absolute Gasteiger partial charge is 0.238 e. The van der Waals surface area contributed by atoms with Crippen LogP contribution >= 0.6 is 0 Å². The molecule has 70 heavy (non-hydrogen) atoms. The molecule has 5 heterocycles. The molecule has 0 bridgehead atoms. The van der Waals surface area contributed by atoms with Gasteiger partial charge in [0.05, 0.1) is 44.1 Å². The maximum atomic E-state index is 5.34. The van der Waals surface area contributed by atoms with Gasteiger partial charge in [0, 0.05) is 71.3 Å². The fourth-order valence-electron chi connectivity index (χ4n) is 11.3. The maximum absolute atomic E-state index is 5.34. The second-order valence-corrected chi connectivity index (χ2v) is 18.0. The van der Waals surface area contributed by atoms with E-state index in [1.165, 1.54) is 38.1 Å². The van der Waals surface area contributed by atoms with E-state index < -0.39 is 0 Å². The third-order valence-corrected chi connectivity index (χ3v) is 14.2. The summed E-state index contributed by atoms with van der Waals surface area (Å²) in [6.07, 6.45) is 0. The van der Waals surface area contributed by atoms with Crippen molar-refractivity contribution in [3.63, 3.8) is 0 Å². The molecular formula is C63H39N7. The zero-order chi connectivity index (χ0) is 45.9. The van der Waals surface area contributed by atoms with Crippen LogP contribution in [0.2, 0.25) is 0 Å². The van der Waals surface area contributed by atoms with Crippen LogP contribution in [0.4, 0.5) is 0 Å². The molecule has 0 amide bonds. The highest BCUT2D eigenvalue weighted by Crippen LogP contribution is 2.44. The van der Waals surface area contributed by atoms with Gasteiger partial charge in [-0.05, 0) is 54.6 Å². The first-order valence-electron chi connectivity index (χ1n) is 23.7. The van der Waals surface area contributed by atoms with Gasteiger partial charge < -0.3 is 13.7 Å². The van der Waals surface area contributed by atoms with Crippen LogP contribution in [0.3, 0.4) is 0 Å². The van der Waals surface area contributed by atoms with Crippen molar-refractivity contribution in [2.45, 2.75) is 0 Å². The molecule has 0 radical (unpaired) electrons. The molecule has 0 aliphatic carbocycles. The fraction of sp³-hybridized carbons (Fsp3) is 0. The van der Waals surface area contributed by atoms with E-state index in [2.05, 4.69) is 218 Å². The predicted octanol–water partition coefficient (Wildman–Crippen LogP) is 15.6. The highest BCUT2D eigenvalue weighted by Gasteiger charge is 2.25. The summed E-state index contributed by atoms with van der Waals surface area (Å²) < 4.78 is 9.64. The molecule has 0 spiro atoms. The Morgan fingerprint density at radius 1 is 0.229 bits per heavy atom. The summed E-state index contributed by atoms with van der Waals surface area (Å²) in [6.45, 7) is 0. The molecule has 326 valence electrons. The molecule has 0 aliphatic heterocycles. The molecule has 10 aromatic carbocycles. The number of fused-ring (bicyclic) bond motifs is 14. The van der Waals surface area contributed by atoms with Crippen molar-refractivity contribution < 1.29 is 0 Å². The third kappa shape index (κ3) is 5.54. The standard InChI is InChI=1S/C63H39N7/c1-4-19-40(20-5-1)61-64-62(41-21-6-2-7-22-41)66-63(65-61)70-56-34-17-13-30-48(56)52-38-37-51-47-29-12-16-33-55(47)69(59(51)60(52)70)44-26-18-25-43(39-44)68-54-32-15-11-28-46(54)50-36-35-49-45-27-10-14-31-53(45)67(57(49)58(50)68)42-23-8-3-9-24-42/h1-39H. The van der Waals surface area contributed by atoms with E-state index in [-0.39, 0.29) is 0 Å². The SMILES string of the molecule is c1ccc(-c2nc(-c3ccccc3)nc(-n3c4ccccc4c4ccc5c6ccccc6n(-c6cccc(-n7c8ccccc8c8ccc9c%10ccccc%10n(-c%10ccccc%10)c9c87)c6)c5c43)n2)cc1. The number of para-hydroxylation sites is 5. The van der Waals surface area contributed by atoms with Gasteiger partial charge in [-0.2, -0.15) is 9.97 Å². The summed E-state index contributed by atoms with van der Waals surface area (Å²) in [5, 5.41) is 9.40. The van der Waals surface area contributed by atoms with E-state index in [4.69, 9.17) is 15.0 Å². The molecule has 0 aliphatic rings. The average Bonchev–Trinajstić information content (AvgIpc) is 4.17. The first-order valence-corrected chi connectivity index (χ1v) is 23.7. The summed E-state index contributed by atoms with van der Waals surface area (Å²) in [4.78, 5) is 15.8. The summed E-state index contributed by atoms with van der Waals surface area (Å²) in [7, 11) is 0. The van der Waals surface area contributed by atoms with Crippen LogP contribution in [0.25, 0.3) is 133 Å². The first-order chi connectivity index (χ1) is 34.8. The zero-order valence-corrected chi connectivity index (χ0v) is 37.6. The lowest BCUT2D eigenvalue weighted by Gasteiger charge is -2.15. The third-order valence-electron chi connectivity index (χ3n) is 14.2. The van der Waals surface area contributed by atoms with Gasteiger partial charge in [-0.3, -0.25) is 4.57 Å². The second-order valence-electron chi connectivity index (χ2n) is 18.0. The highest BCUT2D eigenvalue weighted by atomic mass is 15.2. The number of hydrogen-bond donors (Lipinski definition) is 0. The van der Waals surface area contributed by atoms with E-state index >= 15 is 0 Å². The Bertz CT molecular complexity index is 4520. The van der Waals surface area contributed by atoms with Crippen LogP contribution in [0.15, 0.2) is 237 Å². The Morgan fingerprint density at radius 2 is 0.543 bits per heavy atom. The number of hydrogen-bond acceptors (Lipinski definition) is 3. The Kier molecular flexibility index (Phi) is 8.23. The molecule has 0 fully saturated rings. The average molecular weight is 894 g/mol. The van der Waals surface area contributed by atoms with Gasteiger partial charge in [0.2, 0.25) is 5.95 Å². The van der Waals surface area contributed by atoms with Crippen molar-refractivity contribution in [2.75, 3.05) is 0 Å². The monoisotopic (exact) mass is 893 g/mol. The molecule has 0 saturated carbocycles. The van der Waals surface area contributed by atoms with Gasteiger partial charge in [0.1, 0.15) is 0 Å². The molecule has 7 nitrogen and oxygen atoms in total. The number of aromatic nitrogens is 7. The van der Waals surface area contributed by atoms with Crippen molar-refractivity contribution >= 4 is 87.2 Å². The van der Waals surface area contributed by atoms with Gasteiger partial charge >= 0.3 is 0 Å². The Morgan fingerprint density at radius 3 is 0.957 bits per heavy atom. The van der Waals surface area contributed by atoms with Crippen LogP contribution < -0.4 is 0 Å². The minimum atomic E-state index is 0.556. The predicted molar refractivity (Wildman–Crippen MR) is 288 cm³/mol. The Hall–Kier alpha value is -9.59. The highest BCUT2D eigenvalue weighted by molar-refractivity contribution is 6.25. The fourth-order valence-corrected chi connectivity index (χ4v) is 11.3. The number of nitrogens with zero attached hydrogens (tertiary/aromatic N) is 7. The van der Waals surface area contributed by atoms with Crippen molar-refractivity contribution in [3.05, 3.63) is 237 Å². The molecular weight excluding hydrogens is 855 g/mol. The molecule has 0 N–H and O–H groups in total. The molecule has 7 heteroatoms. The van der Waals surface area contributed by atoms with Crippen LogP contribution in [0, 0.1) is 0 Å². The van der Waals surface area contributed by atoms with Crippen molar-refractivity contribution in [1.29, 1.82) is 0 Å². The van der Waals surface area contributed by atoms with Crippen LogP contribution in [-0.4, -0.2) is 33.2 Å². The van der Waals surface area contributed by atoms with Gasteiger partial charge in [-0.15, -0.1) is 0 Å². The lowest BCUT2D eigenvalue weighted by atomic mass is 10.1. The van der Waals surface area contributed by atoms with Crippen molar-refractivity contribution in [3.8, 4) is 45.8 Å². The summed E-state index contributed by atoms with van der Waals surface area (Å²) in [5.74, 6) is 1.78. The van der Waals surface area contributed by atoms with E-state index in [0.717, 1.165) is 77.3 Å². The molecule has 0 unspecified atom stereocenters. The maximum Gasteiger partial charge on any atom is 0.238 e. The first kappa shape index (κ1) is 38.5. The summed E-state index contributed by atoms with van der Waals surface area (Å²) in [6, 6.07) is 84.4. The minimum Gasteiger partial charge on any atom is -0.307 e. The van der Waals surface area contributed by atoms with E-state index in [9.17, 15) is 0 Å². The molecule has 5 aromatic heterocycles. The normalized spacial score (nSPS) is 12.0. The van der Waals surface area contributed by atoms with Gasteiger partial charge in [0.15, 0.2) is 11.6 Å². The molecule has 15 aromatic rings. The van der Waals surface area contributed by atoms with Gasteiger partial charge in [-0.25, -0.2) is 4.98 Å². The topological polar surface area (TPSA) is 58.4 Å². The van der Waals surface area contributed by atoms with E-state index in [1.54, 1.807) is 0 Å². The summed E-state index contributed by atoms with van der Waals surface area (Å²) >= 11 is 0. The van der Waals surface area contributed by atoms with Gasteiger partial charge in [-0.1, -0.05) is 182 Å². The largest absolute Gasteiger partial charge is 0.307 e. The lowest BCUT2D eigenvalue weighted by Crippen LogP contribution is -2.07. The number of rotatable bonds is 6. The van der Waals surface area contributed by atoms with Gasteiger partial charge in [0.25, 0.3) is 0 Å². The quantitative estimate of drug-likeness (QED) is 0.167. The molecule has 15 rings (SSSR count). The number of benzene rings is 10. The van der Waals surface area contributed by atoms with E-state index in [0.29, 0.717) is 17.6 Å². The minimum absolute atomic E-state index is 0.556. The van der Waals surface area contributed by atoms with Crippen LogP contribution in [0.5, 0.6) is 0 Å². The Labute approximate surface area is 401 Å². The molecule has 0 atom stereocenters. The lowest BCUT2D eigenvalue weighted by molar-refractivity contribution is 0.953. The summed E-state index contributed by atoms with van der Waals surface area (Å²) in [5.41, 5.74) is 14.0. The van der Waals surface area contributed by atoms with E-state index in [1.807, 2.05) is 36.4 Å². The Balaban J connectivity index is 1.05. The molecule has 0 saturated heterocycles. The van der Waals surface area contributed by atoms with Crippen LogP contribution in [-0.2, 0) is 0 Å². The van der Waals surface area contributed by atoms with Crippen LogP contribution in [0.1, 0.15) is 0 Å². The zero-order valence-electron chi connectivity index (χ0n) is 37.6.